The van der Waals surface area contributed by atoms with Crippen molar-refractivity contribution in [1.82, 2.24) is 19.4 Å². The number of benzene rings is 4. The second-order valence-electron chi connectivity index (χ2n) is 13.6. The Morgan fingerprint density at radius 2 is 1.14 bits per heavy atom. The maximum atomic E-state index is 5.53. The van der Waals surface area contributed by atoms with Gasteiger partial charge < -0.3 is 4.98 Å². The lowest BCUT2D eigenvalue weighted by Crippen LogP contribution is -2.42. The first-order valence-electron chi connectivity index (χ1n) is 15.4. The van der Waals surface area contributed by atoms with Crippen LogP contribution in [0.3, 0.4) is 0 Å². The van der Waals surface area contributed by atoms with E-state index in [-0.39, 0.29) is 10.8 Å². The Bertz CT molecular complexity index is 2770. The molecule has 0 atom stereocenters. The topological polar surface area (TPSA) is 46.0 Å². The van der Waals surface area contributed by atoms with Crippen molar-refractivity contribution in [2.75, 3.05) is 0 Å². The van der Waals surface area contributed by atoms with Crippen LogP contribution in [0.2, 0.25) is 0 Å². The van der Waals surface area contributed by atoms with Gasteiger partial charge >= 0.3 is 0 Å². The third-order valence-electron chi connectivity index (χ3n) is 11.1. The maximum Gasteiger partial charge on any atom is 0.138 e. The van der Waals surface area contributed by atoms with Gasteiger partial charge in [-0.1, -0.05) is 107 Å². The van der Waals surface area contributed by atoms with Crippen LogP contribution in [0, 0.1) is 0 Å². The summed E-state index contributed by atoms with van der Waals surface area (Å²) in [5.74, 6) is 0. The molecule has 9 aromatic rings. The zero-order valence-corrected chi connectivity index (χ0v) is 25.2. The standard InChI is InChI=1S/C40H30N4/c1-39(2)29-17-19-31-28-13-8-12-27-26-11-7-10-23(35(26)43-36(27)28)22-15-16-25-24-9-5-6-14-32(24)44(33(25)21-22)34-20-18-30(40(39,3)4)38(42-34)37(29)41-31/h5-21,43H,1-4H3. The van der Waals surface area contributed by atoms with E-state index in [1.807, 2.05) is 0 Å². The number of nitrogens with zero attached hydrogens (tertiary/aromatic N) is 3. The van der Waals surface area contributed by atoms with E-state index < -0.39 is 0 Å². The minimum absolute atomic E-state index is 0.142. The number of pyridine rings is 2. The van der Waals surface area contributed by atoms with Gasteiger partial charge in [0.2, 0.25) is 0 Å². The van der Waals surface area contributed by atoms with Crippen molar-refractivity contribution >= 4 is 82.0 Å². The fourth-order valence-electron chi connectivity index (χ4n) is 8.01. The molecule has 10 rings (SSSR count). The first kappa shape index (κ1) is 24.2. The third kappa shape index (κ3) is 2.80. The summed E-state index contributed by atoms with van der Waals surface area (Å²) in [6.45, 7) is 9.39. The van der Waals surface area contributed by atoms with Gasteiger partial charge in [0.25, 0.3) is 0 Å². The van der Waals surface area contributed by atoms with Crippen molar-refractivity contribution in [3.05, 3.63) is 114 Å². The van der Waals surface area contributed by atoms with Crippen LogP contribution < -0.4 is 0 Å². The molecule has 1 aliphatic rings. The molecule has 8 bridgehead atoms. The summed E-state index contributed by atoms with van der Waals surface area (Å²) in [7, 11) is 0. The number of rotatable bonds is 0. The minimum atomic E-state index is -0.146. The molecule has 4 nitrogen and oxygen atoms in total. The van der Waals surface area contributed by atoms with Gasteiger partial charge in [-0.25, -0.2) is 9.97 Å². The highest BCUT2D eigenvalue weighted by molar-refractivity contribution is 6.21. The van der Waals surface area contributed by atoms with E-state index in [4.69, 9.17) is 9.97 Å². The number of hydrogen-bond acceptors (Lipinski definition) is 2. The van der Waals surface area contributed by atoms with Crippen molar-refractivity contribution in [3.63, 3.8) is 0 Å². The predicted octanol–water partition coefficient (Wildman–Crippen LogP) is 10.3. The van der Waals surface area contributed by atoms with Crippen LogP contribution in [-0.4, -0.2) is 19.4 Å². The molecule has 4 heteroatoms. The van der Waals surface area contributed by atoms with Gasteiger partial charge in [0, 0.05) is 43.1 Å². The molecule has 5 aromatic heterocycles. The second-order valence-corrected chi connectivity index (χ2v) is 13.6. The molecule has 0 spiro atoms. The molecule has 0 aliphatic heterocycles. The lowest BCUT2D eigenvalue weighted by molar-refractivity contribution is 0.303. The van der Waals surface area contributed by atoms with Crippen molar-refractivity contribution in [2.45, 2.75) is 38.5 Å². The largest absolute Gasteiger partial charge is 0.353 e. The molecule has 0 amide bonds. The van der Waals surface area contributed by atoms with E-state index in [2.05, 4.69) is 140 Å². The number of H-pyrrole nitrogens is 1. The molecule has 0 fully saturated rings. The van der Waals surface area contributed by atoms with Crippen molar-refractivity contribution in [3.8, 4) is 0 Å². The molecular weight excluding hydrogens is 536 g/mol. The van der Waals surface area contributed by atoms with E-state index in [1.165, 1.54) is 43.4 Å². The van der Waals surface area contributed by atoms with Crippen LogP contribution in [0.25, 0.3) is 82.0 Å². The Labute approximate surface area is 253 Å². The number of aromatic amines is 1. The summed E-state index contributed by atoms with van der Waals surface area (Å²) in [6.07, 6.45) is 0. The monoisotopic (exact) mass is 566 g/mol. The SMILES string of the molecule is CC1(C)c2ccc3nc2c2nc(ccc2C1(C)C)n1c2ccccc2c2ccc(cc21)c1cccc2c4cccc3c4[nH]c12. The van der Waals surface area contributed by atoms with E-state index in [9.17, 15) is 0 Å². The Morgan fingerprint density at radius 3 is 1.93 bits per heavy atom. The minimum Gasteiger partial charge on any atom is -0.353 e. The Balaban J connectivity index is 1.58. The smallest absolute Gasteiger partial charge is 0.138 e. The Morgan fingerprint density at radius 1 is 0.523 bits per heavy atom. The van der Waals surface area contributed by atoms with E-state index in [0.29, 0.717) is 0 Å². The molecule has 0 saturated carbocycles. The molecule has 210 valence electrons. The lowest BCUT2D eigenvalue weighted by atomic mass is 9.58. The molecular formula is C40H30N4. The highest BCUT2D eigenvalue weighted by Crippen LogP contribution is 2.50. The highest BCUT2D eigenvalue weighted by Gasteiger charge is 2.45. The second kappa shape index (κ2) is 7.83. The van der Waals surface area contributed by atoms with Gasteiger partial charge in [-0.15, -0.1) is 0 Å². The highest BCUT2D eigenvalue weighted by atomic mass is 15.0. The fraction of sp³-hybridized carbons (Fsp3) is 0.150. The predicted molar refractivity (Wildman–Crippen MR) is 185 cm³/mol. The lowest BCUT2D eigenvalue weighted by Gasteiger charge is -2.45. The van der Waals surface area contributed by atoms with Crippen molar-refractivity contribution in [1.29, 1.82) is 0 Å². The van der Waals surface area contributed by atoms with Crippen molar-refractivity contribution in [2.24, 2.45) is 0 Å². The summed E-state index contributed by atoms with van der Waals surface area (Å²) in [4.78, 5) is 14.9. The summed E-state index contributed by atoms with van der Waals surface area (Å²) >= 11 is 0. The number of fused-ring (bicyclic) bond motifs is 10. The molecule has 0 radical (unpaired) electrons. The fourth-order valence-corrected chi connectivity index (χ4v) is 8.01. The molecule has 0 saturated heterocycles. The molecule has 0 unspecified atom stereocenters. The Kier molecular flexibility index (Phi) is 4.32. The summed E-state index contributed by atoms with van der Waals surface area (Å²) in [5.41, 5.74) is 10.6. The van der Waals surface area contributed by atoms with Crippen LogP contribution in [0.1, 0.15) is 38.8 Å². The molecule has 5 heterocycles. The zero-order chi connectivity index (χ0) is 29.5. The average Bonchev–Trinajstić information content (AvgIpc) is 3.59. The summed E-state index contributed by atoms with van der Waals surface area (Å²) < 4.78 is 2.34. The van der Waals surface area contributed by atoms with Crippen LogP contribution >= 0.6 is 0 Å². The quantitative estimate of drug-likeness (QED) is 0.198. The van der Waals surface area contributed by atoms with Gasteiger partial charge in [-0.3, -0.25) is 4.40 Å². The van der Waals surface area contributed by atoms with Crippen LogP contribution in [0.15, 0.2) is 103 Å². The number of para-hydroxylation sites is 3. The first-order valence-corrected chi connectivity index (χ1v) is 15.4. The normalized spacial score (nSPS) is 15.6. The van der Waals surface area contributed by atoms with Gasteiger partial charge in [-0.05, 0) is 40.8 Å². The molecule has 1 aliphatic carbocycles. The van der Waals surface area contributed by atoms with Gasteiger partial charge in [0.1, 0.15) is 5.65 Å². The molecule has 44 heavy (non-hydrogen) atoms. The van der Waals surface area contributed by atoms with Gasteiger partial charge in [0.05, 0.1) is 38.6 Å². The Hall–Kier alpha value is -5.22. The van der Waals surface area contributed by atoms with E-state index in [0.717, 1.165) is 49.7 Å². The van der Waals surface area contributed by atoms with Gasteiger partial charge in [-0.2, -0.15) is 0 Å². The van der Waals surface area contributed by atoms with E-state index >= 15 is 0 Å². The molecule has 1 N–H and O–H groups in total. The molecule has 4 aromatic carbocycles. The van der Waals surface area contributed by atoms with Crippen LogP contribution in [0.5, 0.6) is 0 Å². The summed E-state index contributed by atoms with van der Waals surface area (Å²) in [6, 6.07) is 37.8. The van der Waals surface area contributed by atoms with Crippen LogP contribution in [-0.2, 0) is 10.8 Å². The first-order chi connectivity index (χ1) is 21.3. The van der Waals surface area contributed by atoms with Crippen molar-refractivity contribution < 1.29 is 0 Å². The number of aromatic nitrogens is 4. The van der Waals surface area contributed by atoms with Crippen LogP contribution in [0.4, 0.5) is 0 Å². The zero-order valence-electron chi connectivity index (χ0n) is 25.2. The van der Waals surface area contributed by atoms with Gasteiger partial charge in [0.15, 0.2) is 0 Å². The third-order valence-corrected chi connectivity index (χ3v) is 11.1. The maximum absolute atomic E-state index is 5.53. The average molecular weight is 567 g/mol. The summed E-state index contributed by atoms with van der Waals surface area (Å²) in [5, 5.41) is 8.36. The van der Waals surface area contributed by atoms with E-state index in [1.54, 1.807) is 0 Å². The number of hydrogen-bond donors (Lipinski definition) is 1. The number of nitrogens with one attached hydrogen (secondary N) is 1.